The minimum atomic E-state index is -4.33. The monoisotopic (exact) mass is 721 g/mol. The van der Waals surface area contributed by atoms with Crippen LogP contribution in [0.4, 0.5) is 5.69 Å². The maximum atomic E-state index is 14.8. The molecule has 1 saturated carbocycles. The van der Waals surface area contributed by atoms with Gasteiger partial charge in [-0.3, -0.25) is 13.9 Å². The van der Waals surface area contributed by atoms with E-state index in [0.29, 0.717) is 21.4 Å². The number of halogens is 2. The van der Waals surface area contributed by atoms with Crippen LogP contribution in [0.3, 0.4) is 0 Å². The summed E-state index contributed by atoms with van der Waals surface area (Å²) in [6.07, 6.45) is 5.11. The van der Waals surface area contributed by atoms with E-state index in [1.807, 2.05) is 36.4 Å². The smallest absolute Gasteiger partial charge is 0.264 e. The Morgan fingerprint density at radius 2 is 1.51 bits per heavy atom. The number of nitrogens with one attached hydrogen (secondary N) is 1. The summed E-state index contributed by atoms with van der Waals surface area (Å²) in [7, 11) is -4.33. The normalized spacial score (nSPS) is 14.1. The zero-order chi connectivity index (χ0) is 34.8. The fourth-order valence-corrected chi connectivity index (χ4v) is 7.84. The molecule has 258 valence electrons. The molecule has 0 bridgehead atoms. The zero-order valence-corrected chi connectivity index (χ0v) is 29.8. The Labute approximate surface area is 299 Å². The van der Waals surface area contributed by atoms with Gasteiger partial charge < -0.3 is 15.0 Å². The minimum absolute atomic E-state index is 0.00311. The van der Waals surface area contributed by atoms with Gasteiger partial charge in [-0.2, -0.15) is 0 Å². The summed E-state index contributed by atoms with van der Waals surface area (Å²) in [5.74, 6) is -0.578. The molecule has 5 rings (SSSR count). The highest BCUT2D eigenvalue weighted by atomic mass is 35.5. The van der Waals surface area contributed by atoms with Gasteiger partial charge in [0.1, 0.15) is 18.3 Å². The molecule has 0 spiro atoms. The summed E-state index contributed by atoms with van der Waals surface area (Å²) in [5, 5.41) is 4.02. The Bertz CT molecular complexity index is 1820. The van der Waals surface area contributed by atoms with Gasteiger partial charge in [0.2, 0.25) is 11.8 Å². The summed E-state index contributed by atoms with van der Waals surface area (Å²) in [4.78, 5) is 30.5. The van der Waals surface area contributed by atoms with Gasteiger partial charge in [0, 0.05) is 29.1 Å². The van der Waals surface area contributed by atoms with Gasteiger partial charge in [0.25, 0.3) is 10.0 Å². The van der Waals surface area contributed by atoms with Crippen LogP contribution in [-0.2, 0) is 32.6 Å². The first-order chi connectivity index (χ1) is 23.7. The molecule has 1 fully saturated rings. The van der Waals surface area contributed by atoms with Crippen LogP contribution in [-0.4, -0.2) is 50.4 Å². The fraction of sp³-hybridized carbons (Fsp3) is 0.316. The standard InChI is InChI=1S/C38H41Cl2N3O5S/c1-2-48-36-20-12-11-19-34(36)43(49(46,47)32-23-21-30(39)22-24-32)27-37(44)42(26-29-15-9-10-18-33(29)40)35(25-28-13-5-3-6-14-28)38(45)41-31-16-7-4-8-17-31/h3,5-6,9-15,18-24,31,35H,2,4,7-8,16-17,25-27H2,1H3,(H,41,45). The van der Waals surface area contributed by atoms with Crippen molar-refractivity contribution in [1.82, 2.24) is 10.2 Å². The second-order valence-corrected chi connectivity index (χ2v) is 14.7. The Kier molecular flexibility index (Phi) is 12.6. The molecule has 0 aromatic heterocycles. The lowest BCUT2D eigenvalue weighted by Gasteiger charge is -2.35. The van der Waals surface area contributed by atoms with E-state index in [9.17, 15) is 18.0 Å². The van der Waals surface area contributed by atoms with Crippen molar-refractivity contribution in [2.45, 2.75) is 69.0 Å². The Morgan fingerprint density at radius 3 is 2.20 bits per heavy atom. The third kappa shape index (κ3) is 9.35. The van der Waals surface area contributed by atoms with Crippen molar-refractivity contribution in [2.75, 3.05) is 17.5 Å². The molecule has 1 atom stereocenters. The number of carbonyl (C=O) groups is 2. The third-order valence-electron chi connectivity index (χ3n) is 8.64. The van der Waals surface area contributed by atoms with Crippen LogP contribution in [0.2, 0.25) is 10.0 Å². The van der Waals surface area contributed by atoms with Gasteiger partial charge in [-0.1, -0.05) is 103 Å². The molecular formula is C38H41Cl2N3O5S. The van der Waals surface area contributed by atoms with E-state index in [1.54, 1.807) is 49.4 Å². The van der Waals surface area contributed by atoms with E-state index in [-0.39, 0.29) is 42.1 Å². The van der Waals surface area contributed by atoms with E-state index in [0.717, 1.165) is 42.0 Å². The molecule has 8 nitrogen and oxygen atoms in total. The van der Waals surface area contributed by atoms with Gasteiger partial charge in [-0.05, 0) is 73.4 Å². The first kappa shape index (κ1) is 36.2. The summed E-state index contributed by atoms with van der Waals surface area (Å²) in [6, 6.07) is 28.1. The van der Waals surface area contributed by atoms with Crippen molar-refractivity contribution in [2.24, 2.45) is 0 Å². The van der Waals surface area contributed by atoms with Crippen LogP contribution in [0.25, 0.3) is 0 Å². The molecule has 11 heteroatoms. The van der Waals surface area contributed by atoms with E-state index in [1.165, 1.54) is 29.2 Å². The van der Waals surface area contributed by atoms with Crippen molar-refractivity contribution >= 4 is 50.7 Å². The number of rotatable bonds is 14. The average Bonchev–Trinajstić information content (AvgIpc) is 3.11. The van der Waals surface area contributed by atoms with Crippen LogP contribution in [0.1, 0.15) is 50.2 Å². The molecular weight excluding hydrogens is 681 g/mol. The zero-order valence-electron chi connectivity index (χ0n) is 27.4. The van der Waals surface area contributed by atoms with Crippen molar-refractivity contribution in [3.8, 4) is 5.75 Å². The lowest BCUT2D eigenvalue weighted by molar-refractivity contribution is -0.140. The Hall–Kier alpha value is -4.05. The number of ether oxygens (including phenoxy) is 1. The highest BCUT2D eigenvalue weighted by Crippen LogP contribution is 2.33. The van der Waals surface area contributed by atoms with E-state index in [4.69, 9.17) is 27.9 Å². The maximum Gasteiger partial charge on any atom is 0.264 e. The summed E-state index contributed by atoms with van der Waals surface area (Å²) in [5.41, 5.74) is 1.68. The number of sulfonamides is 1. The van der Waals surface area contributed by atoms with Gasteiger partial charge in [-0.15, -0.1) is 0 Å². The minimum Gasteiger partial charge on any atom is -0.492 e. The summed E-state index contributed by atoms with van der Waals surface area (Å²) < 4.78 is 35.6. The maximum absolute atomic E-state index is 14.8. The van der Waals surface area contributed by atoms with Crippen molar-refractivity contribution in [1.29, 1.82) is 0 Å². The molecule has 0 radical (unpaired) electrons. The van der Waals surface area contributed by atoms with Crippen LogP contribution in [0.15, 0.2) is 108 Å². The first-order valence-corrected chi connectivity index (χ1v) is 18.7. The number of hydrogen-bond donors (Lipinski definition) is 1. The second-order valence-electron chi connectivity index (χ2n) is 12.0. The molecule has 0 aliphatic heterocycles. The lowest BCUT2D eigenvalue weighted by atomic mass is 9.94. The van der Waals surface area contributed by atoms with Crippen LogP contribution < -0.4 is 14.4 Å². The van der Waals surface area contributed by atoms with Gasteiger partial charge >= 0.3 is 0 Å². The number of amides is 2. The van der Waals surface area contributed by atoms with Crippen LogP contribution in [0.5, 0.6) is 5.75 Å². The SMILES string of the molecule is CCOc1ccccc1N(CC(=O)N(Cc1ccccc1Cl)C(Cc1ccccc1)C(=O)NC1CCCCC1)S(=O)(=O)c1ccc(Cl)cc1. The fourth-order valence-electron chi connectivity index (χ4n) is 6.10. The second kappa shape index (κ2) is 17.1. The predicted octanol–water partition coefficient (Wildman–Crippen LogP) is 7.68. The van der Waals surface area contributed by atoms with E-state index in [2.05, 4.69) is 5.32 Å². The summed E-state index contributed by atoms with van der Waals surface area (Å²) in [6.45, 7) is 1.45. The highest BCUT2D eigenvalue weighted by molar-refractivity contribution is 7.92. The number of benzene rings is 4. The number of para-hydroxylation sites is 2. The predicted molar refractivity (Wildman–Crippen MR) is 195 cm³/mol. The number of carbonyl (C=O) groups excluding carboxylic acids is 2. The largest absolute Gasteiger partial charge is 0.492 e. The quantitative estimate of drug-likeness (QED) is 0.144. The molecule has 49 heavy (non-hydrogen) atoms. The Balaban J connectivity index is 1.60. The Morgan fingerprint density at radius 1 is 0.857 bits per heavy atom. The number of hydrogen-bond acceptors (Lipinski definition) is 5. The molecule has 1 aliphatic rings. The molecule has 0 saturated heterocycles. The number of anilines is 1. The third-order valence-corrected chi connectivity index (χ3v) is 11.0. The molecule has 1 aliphatic carbocycles. The molecule has 1 unspecified atom stereocenters. The van der Waals surface area contributed by atoms with Gasteiger partial charge in [0.05, 0.1) is 17.2 Å². The van der Waals surface area contributed by atoms with E-state index < -0.39 is 28.5 Å². The van der Waals surface area contributed by atoms with Crippen molar-refractivity contribution < 1.29 is 22.7 Å². The van der Waals surface area contributed by atoms with Crippen molar-refractivity contribution in [3.05, 3.63) is 124 Å². The van der Waals surface area contributed by atoms with Crippen LogP contribution >= 0.6 is 23.2 Å². The molecule has 0 heterocycles. The van der Waals surface area contributed by atoms with E-state index >= 15 is 0 Å². The summed E-state index contributed by atoms with van der Waals surface area (Å²) >= 11 is 12.7. The van der Waals surface area contributed by atoms with Gasteiger partial charge in [0.15, 0.2) is 0 Å². The average molecular weight is 723 g/mol. The molecule has 1 N–H and O–H groups in total. The first-order valence-electron chi connectivity index (χ1n) is 16.5. The topological polar surface area (TPSA) is 96.0 Å². The molecule has 2 amide bonds. The number of nitrogens with zero attached hydrogens (tertiary/aromatic N) is 2. The molecule has 4 aromatic carbocycles. The van der Waals surface area contributed by atoms with Crippen molar-refractivity contribution in [3.63, 3.8) is 0 Å². The molecule has 4 aromatic rings. The highest BCUT2D eigenvalue weighted by Gasteiger charge is 2.36. The lowest BCUT2D eigenvalue weighted by Crippen LogP contribution is -2.55. The van der Waals surface area contributed by atoms with Gasteiger partial charge in [-0.25, -0.2) is 8.42 Å². The van der Waals surface area contributed by atoms with Crippen LogP contribution in [0, 0.1) is 0 Å².